The van der Waals surface area contributed by atoms with Crippen molar-refractivity contribution in [2.24, 2.45) is 16.7 Å². The number of nitrogens with zero attached hydrogens (tertiary/aromatic N) is 1. The van der Waals surface area contributed by atoms with Gasteiger partial charge in [-0.05, 0) is 25.2 Å². The summed E-state index contributed by atoms with van der Waals surface area (Å²) in [6.07, 6.45) is 4.34. The van der Waals surface area contributed by atoms with Gasteiger partial charge in [0.2, 0.25) is 0 Å². The van der Waals surface area contributed by atoms with Crippen LogP contribution in [0.1, 0.15) is 46.5 Å². The SMILES string of the molecule is CC1(C)[C@H]2CC[C@](C)(C2)[C@H]1OC(=O)CCN1CCOCC1. The van der Waals surface area contributed by atoms with Gasteiger partial charge in [0, 0.05) is 30.5 Å². The number of rotatable bonds is 4. The summed E-state index contributed by atoms with van der Waals surface area (Å²) in [5, 5.41) is 0. The van der Waals surface area contributed by atoms with Crippen molar-refractivity contribution in [2.75, 3.05) is 32.8 Å². The minimum absolute atomic E-state index is 0.0201. The Morgan fingerprint density at radius 1 is 1.29 bits per heavy atom. The number of ether oxygens (including phenoxy) is 2. The van der Waals surface area contributed by atoms with Gasteiger partial charge in [0.1, 0.15) is 6.10 Å². The van der Waals surface area contributed by atoms with E-state index in [0.29, 0.717) is 6.42 Å². The molecule has 2 bridgehead atoms. The fourth-order valence-electron chi connectivity index (χ4n) is 4.82. The quantitative estimate of drug-likeness (QED) is 0.747. The van der Waals surface area contributed by atoms with E-state index in [4.69, 9.17) is 9.47 Å². The molecule has 0 radical (unpaired) electrons. The molecule has 120 valence electrons. The first-order chi connectivity index (χ1) is 9.92. The molecule has 3 fully saturated rings. The van der Waals surface area contributed by atoms with Crippen LogP contribution in [-0.4, -0.2) is 49.8 Å². The first-order valence-corrected chi connectivity index (χ1v) is 8.41. The number of morpholine rings is 1. The van der Waals surface area contributed by atoms with E-state index in [1.54, 1.807) is 0 Å². The number of hydrogen-bond donors (Lipinski definition) is 0. The van der Waals surface area contributed by atoms with Crippen molar-refractivity contribution in [2.45, 2.75) is 52.6 Å². The third-order valence-electron chi connectivity index (χ3n) is 6.12. The molecule has 3 aliphatic rings. The summed E-state index contributed by atoms with van der Waals surface area (Å²) in [5.41, 5.74) is 0.352. The lowest BCUT2D eigenvalue weighted by Gasteiger charge is -2.41. The molecule has 0 unspecified atom stereocenters. The molecule has 1 saturated heterocycles. The van der Waals surface area contributed by atoms with Gasteiger partial charge in [0.15, 0.2) is 0 Å². The predicted octanol–water partition coefficient (Wildman–Crippen LogP) is 2.47. The largest absolute Gasteiger partial charge is 0.461 e. The maximum atomic E-state index is 12.3. The molecule has 4 nitrogen and oxygen atoms in total. The molecule has 3 rings (SSSR count). The summed E-state index contributed by atoms with van der Waals surface area (Å²) in [6, 6.07) is 0. The van der Waals surface area contributed by atoms with Gasteiger partial charge in [-0.1, -0.05) is 20.8 Å². The molecular formula is C17H29NO3. The summed E-state index contributed by atoms with van der Waals surface area (Å²) in [5.74, 6) is 0.702. The molecule has 2 aliphatic carbocycles. The van der Waals surface area contributed by atoms with Crippen molar-refractivity contribution in [1.82, 2.24) is 4.90 Å². The van der Waals surface area contributed by atoms with Crippen LogP contribution in [0.25, 0.3) is 0 Å². The van der Waals surface area contributed by atoms with Gasteiger partial charge in [0.25, 0.3) is 0 Å². The summed E-state index contributed by atoms with van der Waals surface area (Å²) < 4.78 is 11.3. The molecule has 4 heteroatoms. The maximum Gasteiger partial charge on any atom is 0.307 e. The van der Waals surface area contributed by atoms with Crippen LogP contribution >= 0.6 is 0 Å². The van der Waals surface area contributed by atoms with Crippen molar-refractivity contribution >= 4 is 5.97 Å². The molecule has 2 saturated carbocycles. The van der Waals surface area contributed by atoms with E-state index in [-0.39, 0.29) is 22.9 Å². The van der Waals surface area contributed by atoms with Gasteiger partial charge in [-0.15, -0.1) is 0 Å². The number of fused-ring (bicyclic) bond motifs is 2. The lowest BCUT2D eigenvalue weighted by atomic mass is 9.70. The molecule has 3 atom stereocenters. The van der Waals surface area contributed by atoms with Crippen LogP contribution in [0.3, 0.4) is 0 Å². The highest BCUT2D eigenvalue weighted by Crippen LogP contribution is 2.63. The zero-order chi connectivity index (χ0) is 15.1. The molecule has 21 heavy (non-hydrogen) atoms. The Bertz CT molecular complexity index is 398. The molecule has 0 aromatic heterocycles. The third-order valence-corrected chi connectivity index (χ3v) is 6.12. The van der Waals surface area contributed by atoms with Gasteiger partial charge in [-0.3, -0.25) is 9.69 Å². The van der Waals surface area contributed by atoms with E-state index in [9.17, 15) is 4.79 Å². The molecule has 1 heterocycles. The van der Waals surface area contributed by atoms with E-state index in [1.165, 1.54) is 19.3 Å². The second-order valence-electron chi connectivity index (χ2n) is 7.99. The fraction of sp³-hybridized carbons (Fsp3) is 0.941. The number of carbonyl (C=O) groups excluding carboxylic acids is 1. The highest BCUT2D eigenvalue weighted by Gasteiger charge is 2.61. The standard InChI is InChI=1S/C17H29NO3/c1-16(2)13-4-6-17(3,12-13)15(16)21-14(19)5-7-18-8-10-20-11-9-18/h13,15H,4-12H2,1-3H3/t13-,15-,17+/m0/s1. The van der Waals surface area contributed by atoms with E-state index in [0.717, 1.165) is 38.8 Å². The van der Waals surface area contributed by atoms with Crippen LogP contribution in [0.5, 0.6) is 0 Å². The third kappa shape index (κ3) is 2.85. The lowest BCUT2D eigenvalue weighted by Crippen LogP contribution is -2.44. The van der Waals surface area contributed by atoms with Gasteiger partial charge < -0.3 is 9.47 Å². The maximum absolute atomic E-state index is 12.3. The van der Waals surface area contributed by atoms with Gasteiger partial charge in [-0.25, -0.2) is 0 Å². The smallest absolute Gasteiger partial charge is 0.307 e. The van der Waals surface area contributed by atoms with E-state index < -0.39 is 0 Å². The predicted molar refractivity (Wildman–Crippen MR) is 81.0 cm³/mol. The lowest BCUT2D eigenvalue weighted by molar-refractivity contribution is -0.165. The number of hydrogen-bond acceptors (Lipinski definition) is 4. The van der Waals surface area contributed by atoms with E-state index in [2.05, 4.69) is 25.7 Å². The second kappa shape index (κ2) is 5.54. The molecule has 1 aliphatic heterocycles. The van der Waals surface area contributed by atoms with Crippen LogP contribution in [0.2, 0.25) is 0 Å². The molecule has 0 aromatic rings. The van der Waals surface area contributed by atoms with Crippen LogP contribution < -0.4 is 0 Å². The van der Waals surface area contributed by atoms with Gasteiger partial charge in [-0.2, -0.15) is 0 Å². The topological polar surface area (TPSA) is 38.8 Å². The van der Waals surface area contributed by atoms with Crippen molar-refractivity contribution in [3.8, 4) is 0 Å². The van der Waals surface area contributed by atoms with Crippen LogP contribution in [0.15, 0.2) is 0 Å². The second-order valence-corrected chi connectivity index (χ2v) is 7.99. The van der Waals surface area contributed by atoms with Gasteiger partial charge >= 0.3 is 5.97 Å². The normalized spacial score (nSPS) is 38.6. The Morgan fingerprint density at radius 3 is 2.62 bits per heavy atom. The van der Waals surface area contributed by atoms with Crippen LogP contribution in [0, 0.1) is 16.7 Å². The zero-order valence-corrected chi connectivity index (χ0v) is 13.7. The molecule has 0 spiro atoms. The molecule has 0 aromatic carbocycles. The number of carbonyl (C=O) groups is 1. The van der Waals surface area contributed by atoms with E-state index >= 15 is 0 Å². The monoisotopic (exact) mass is 295 g/mol. The average molecular weight is 295 g/mol. The highest BCUT2D eigenvalue weighted by molar-refractivity contribution is 5.70. The Kier molecular flexibility index (Phi) is 4.04. The number of esters is 1. The Hall–Kier alpha value is -0.610. The molecule has 0 N–H and O–H groups in total. The van der Waals surface area contributed by atoms with Crippen molar-refractivity contribution in [3.05, 3.63) is 0 Å². The minimum atomic E-state index is -0.0201. The van der Waals surface area contributed by atoms with E-state index in [1.807, 2.05) is 0 Å². The molecule has 0 amide bonds. The first kappa shape index (κ1) is 15.3. The first-order valence-electron chi connectivity index (χ1n) is 8.41. The van der Waals surface area contributed by atoms with Crippen LogP contribution in [0.4, 0.5) is 0 Å². The van der Waals surface area contributed by atoms with Crippen molar-refractivity contribution < 1.29 is 14.3 Å². The summed E-state index contributed by atoms with van der Waals surface area (Å²) >= 11 is 0. The minimum Gasteiger partial charge on any atom is -0.461 e. The van der Waals surface area contributed by atoms with Crippen LogP contribution in [-0.2, 0) is 14.3 Å². The summed E-state index contributed by atoms with van der Waals surface area (Å²) in [4.78, 5) is 14.6. The average Bonchev–Trinajstić information content (AvgIpc) is 2.94. The summed E-state index contributed by atoms with van der Waals surface area (Å²) in [6.45, 7) is 11.1. The Labute approximate surface area is 128 Å². The zero-order valence-electron chi connectivity index (χ0n) is 13.7. The van der Waals surface area contributed by atoms with Gasteiger partial charge in [0.05, 0.1) is 19.6 Å². The van der Waals surface area contributed by atoms with Crippen molar-refractivity contribution in [1.29, 1.82) is 0 Å². The Balaban J connectivity index is 1.52. The molecular weight excluding hydrogens is 266 g/mol. The Morgan fingerprint density at radius 2 is 2.00 bits per heavy atom. The highest BCUT2D eigenvalue weighted by atomic mass is 16.5. The summed E-state index contributed by atoms with van der Waals surface area (Å²) in [7, 11) is 0. The van der Waals surface area contributed by atoms with Crippen molar-refractivity contribution in [3.63, 3.8) is 0 Å². The fourth-order valence-corrected chi connectivity index (χ4v) is 4.82.